The molecule has 18 heteroatoms. The monoisotopic (exact) mass is 983 g/mol. The highest BCUT2D eigenvalue weighted by Gasteiger charge is 2.41. The zero-order chi connectivity index (χ0) is 51.2. The fourth-order valence-corrected chi connectivity index (χ4v) is 10.4. The van der Waals surface area contributed by atoms with Gasteiger partial charge in [0.2, 0.25) is 11.8 Å². The first-order valence-corrected chi connectivity index (χ1v) is 25.2. The van der Waals surface area contributed by atoms with Crippen LogP contribution in [0.3, 0.4) is 0 Å². The summed E-state index contributed by atoms with van der Waals surface area (Å²) in [6.07, 6.45) is 8.22. The van der Waals surface area contributed by atoms with Crippen LogP contribution >= 0.6 is 11.3 Å². The van der Waals surface area contributed by atoms with E-state index in [4.69, 9.17) is 19.5 Å². The lowest BCUT2D eigenvalue weighted by Gasteiger charge is -2.45. The Morgan fingerprint density at radius 1 is 1.14 bits per heavy atom. The second-order valence-corrected chi connectivity index (χ2v) is 20.9. The Hall–Kier alpha value is -5.69. The molecule has 6 bridgehead atoms. The number of aryl methyl sites for hydroxylation is 1. The first kappa shape index (κ1) is 53.7. The quantitative estimate of drug-likeness (QED) is 0.0871. The van der Waals surface area contributed by atoms with Crippen LogP contribution < -0.4 is 10.7 Å². The summed E-state index contributed by atoms with van der Waals surface area (Å²) >= 11 is 1.40. The third-order valence-electron chi connectivity index (χ3n) is 13.4. The lowest BCUT2D eigenvalue weighted by atomic mass is 9.84. The number of likely N-dealkylation sites (tertiary alicyclic amines) is 1. The number of urea groups is 1. The Morgan fingerprint density at radius 3 is 2.51 bits per heavy atom. The van der Waals surface area contributed by atoms with E-state index >= 15 is 0 Å². The molecule has 2 saturated heterocycles. The van der Waals surface area contributed by atoms with Crippen molar-refractivity contribution in [1.29, 1.82) is 0 Å². The minimum atomic E-state index is -1.10. The summed E-state index contributed by atoms with van der Waals surface area (Å²) in [7, 11) is 8.78. The number of ether oxygens (including phenoxy) is 2. The summed E-state index contributed by atoms with van der Waals surface area (Å²) in [6, 6.07) is 2.85. The molecule has 0 spiro atoms. The highest BCUT2D eigenvalue weighted by Crippen LogP contribution is 2.40. The zero-order valence-electron chi connectivity index (χ0n) is 43.2. The van der Waals surface area contributed by atoms with Crippen LogP contribution in [0.5, 0.6) is 0 Å². The van der Waals surface area contributed by atoms with E-state index in [0.29, 0.717) is 57.0 Å². The van der Waals surface area contributed by atoms with E-state index in [1.807, 2.05) is 70.3 Å². The van der Waals surface area contributed by atoms with Gasteiger partial charge in [0, 0.05) is 105 Å². The van der Waals surface area contributed by atoms with E-state index in [2.05, 4.69) is 54.8 Å². The number of nitrogens with zero attached hydrogens (tertiary/aromatic N) is 8. The van der Waals surface area contributed by atoms with Crippen molar-refractivity contribution in [1.82, 2.24) is 44.9 Å². The number of carbonyl (C=O) groups is 5. The fraction of sp³-hybridized carbons (Fsp3) is 0.558. The number of amides is 5. The molecule has 5 heterocycles. The Morgan fingerprint density at radius 2 is 1.87 bits per heavy atom. The highest BCUT2D eigenvalue weighted by molar-refractivity contribution is 7.10. The highest BCUT2D eigenvalue weighted by atomic mass is 32.1. The maximum absolute atomic E-state index is 14.7. The minimum Gasteiger partial charge on any atom is -0.464 e. The third kappa shape index (κ3) is 11.9. The van der Waals surface area contributed by atoms with Crippen LogP contribution in [0.4, 0.5) is 4.79 Å². The molecule has 2 aromatic heterocycles. The molecule has 380 valence electrons. The standard InChI is InChI=1S/C52H74N10O7S/c1-14-36(45(53-15-2)33(6)68-13)47-38-27-52(7,8)31-69-50(66)39-19-17-24-62(56-39)49(65)40(26-43-54-41(30-70-43)34-21-22-42(37(38)25-34)61(47)16-3)55-48(64)46(32(4)5)59(12)51(67)58(11)35-28-60(29-35)44(63)20-18-23-57(9)10/h14-15,18,20-22,25,30,32-33,35,39-40,46,56H,1,16-17,19,23-24,26-29,31H2,2-13H3,(H,55,64)/b20-18+,45-36+,53-15?/t33-,39-,40-,46-/m0/s1. The Labute approximate surface area is 417 Å². The maximum Gasteiger partial charge on any atom is 0.324 e. The van der Waals surface area contributed by atoms with Gasteiger partial charge in [-0.3, -0.25) is 29.2 Å². The molecule has 0 saturated carbocycles. The van der Waals surface area contributed by atoms with Gasteiger partial charge in [-0.1, -0.05) is 52.5 Å². The summed E-state index contributed by atoms with van der Waals surface area (Å²) in [5, 5.41) is 8.04. The first-order valence-electron chi connectivity index (χ1n) is 24.4. The van der Waals surface area contributed by atoms with Crippen molar-refractivity contribution in [2.24, 2.45) is 16.3 Å². The van der Waals surface area contributed by atoms with Crippen LogP contribution in [0.25, 0.3) is 27.7 Å². The molecule has 0 aliphatic carbocycles. The van der Waals surface area contributed by atoms with Crippen LogP contribution in [-0.4, -0.2) is 168 Å². The van der Waals surface area contributed by atoms with Crippen molar-refractivity contribution in [3.63, 3.8) is 0 Å². The molecule has 6 rings (SSSR count). The number of aromatic nitrogens is 2. The number of hydrazine groups is 1. The number of benzene rings is 1. The number of hydrogen-bond donors (Lipinski definition) is 2. The lowest BCUT2D eigenvalue weighted by Crippen LogP contribution is -2.65. The predicted octanol–water partition coefficient (Wildman–Crippen LogP) is 5.79. The number of allylic oxidation sites excluding steroid dienone is 2. The average Bonchev–Trinajstić information content (AvgIpc) is 3.90. The molecule has 3 aromatic rings. The number of thiazole rings is 1. The van der Waals surface area contributed by atoms with Gasteiger partial charge in [-0.2, -0.15) is 0 Å². The van der Waals surface area contributed by atoms with Gasteiger partial charge in [0.05, 0.1) is 40.8 Å². The topological polar surface area (TPSA) is 174 Å². The second kappa shape index (κ2) is 23.0. The molecular weight excluding hydrogens is 909 g/mol. The Kier molecular flexibility index (Phi) is 17.7. The molecule has 0 unspecified atom stereocenters. The Bertz CT molecular complexity index is 2520. The summed E-state index contributed by atoms with van der Waals surface area (Å²) in [4.78, 5) is 86.4. The molecule has 2 N–H and O–H groups in total. The molecule has 17 nitrogen and oxygen atoms in total. The number of carbonyl (C=O) groups excluding carboxylic acids is 5. The number of esters is 1. The van der Waals surface area contributed by atoms with E-state index in [1.54, 1.807) is 43.3 Å². The second-order valence-electron chi connectivity index (χ2n) is 20.0. The normalized spacial score (nSPS) is 20.3. The van der Waals surface area contributed by atoms with Crippen molar-refractivity contribution in [3.8, 4) is 11.3 Å². The van der Waals surface area contributed by atoms with Gasteiger partial charge in [-0.15, -0.1) is 11.3 Å². The molecule has 70 heavy (non-hydrogen) atoms. The smallest absolute Gasteiger partial charge is 0.324 e. The molecule has 1 aromatic carbocycles. The summed E-state index contributed by atoms with van der Waals surface area (Å²) in [5.74, 6) is -1.86. The number of cyclic esters (lactones) is 1. The van der Waals surface area contributed by atoms with E-state index in [9.17, 15) is 24.0 Å². The van der Waals surface area contributed by atoms with Crippen molar-refractivity contribution in [2.45, 2.75) is 111 Å². The largest absolute Gasteiger partial charge is 0.464 e. The van der Waals surface area contributed by atoms with Gasteiger partial charge in [-0.05, 0) is 77.7 Å². The van der Waals surface area contributed by atoms with Gasteiger partial charge < -0.3 is 39.0 Å². The first-order chi connectivity index (χ1) is 33.2. The number of fused-ring (bicyclic) bond motifs is 6. The van der Waals surface area contributed by atoms with Crippen molar-refractivity contribution < 1.29 is 33.4 Å². The van der Waals surface area contributed by atoms with Crippen molar-refractivity contribution in [2.75, 3.05) is 68.1 Å². The molecule has 2 fully saturated rings. The van der Waals surface area contributed by atoms with Gasteiger partial charge in [0.15, 0.2) is 0 Å². The van der Waals surface area contributed by atoms with Crippen molar-refractivity contribution in [3.05, 3.63) is 70.3 Å². The summed E-state index contributed by atoms with van der Waals surface area (Å²) < 4.78 is 14.2. The Balaban J connectivity index is 1.35. The third-order valence-corrected chi connectivity index (χ3v) is 14.3. The zero-order valence-corrected chi connectivity index (χ0v) is 44.0. The number of methoxy groups -OCH3 is 1. The molecule has 3 aliphatic rings. The van der Waals surface area contributed by atoms with Gasteiger partial charge in [-0.25, -0.2) is 15.2 Å². The molecule has 0 radical (unpaired) electrons. The van der Waals surface area contributed by atoms with Gasteiger partial charge in [0.25, 0.3) is 5.91 Å². The van der Waals surface area contributed by atoms with Crippen molar-refractivity contribution >= 4 is 63.7 Å². The fourth-order valence-electron chi connectivity index (χ4n) is 9.53. The minimum absolute atomic E-state index is 0.0593. The van der Waals surface area contributed by atoms with Crippen LogP contribution in [0.1, 0.15) is 77.6 Å². The van der Waals surface area contributed by atoms with E-state index < -0.39 is 41.3 Å². The number of aliphatic imine (C=N–C) groups is 1. The number of nitrogens with one attached hydrogen (secondary N) is 2. The van der Waals surface area contributed by atoms with Gasteiger partial charge in [0.1, 0.15) is 18.1 Å². The molecular formula is C52H74N10O7S. The van der Waals surface area contributed by atoms with E-state index in [1.165, 1.54) is 21.2 Å². The number of likely N-dealkylation sites (N-methyl/N-ethyl adjacent to an activating group) is 3. The van der Waals surface area contributed by atoms with Crippen LogP contribution in [0.2, 0.25) is 0 Å². The average molecular weight is 983 g/mol. The maximum atomic E-state index is 14.7. The van der Waals surface area contributed by atoms with Gasteiger partial charge >= 0.3 is 12.0 Å². The number of hydrogen-bond acceptors (Lipinski definition) is 12. The summed E-state index contributed by atoms with van der Waals surface area (Å²) in [6.45, 7) is 20.5. The number of rotatable bonds is 14. The predicted molar refractivity (Wildman–Crippen MR) is 276 cm³/mol. The van der Waals surface area contributed by atoms with Crippen LogP contribution in [0.15, 0.2) is 59.1 Å². The van der Waals surface area contributed by atoms with E-state index in [0.717, 1.165) is 44.7 Å². The van der Waals surface area contributed by atoms with Crippen LogP contribution in [-0.2, 0) is 48.0 Å². The lowest BCUT2D eigenvalue weighted by molar-refractivity contribution is -0.155. The summed E-state index contributed by atoms with van der Waals surface area (Å²) in [5.41, 5.74) is 8.82. The molecule has 5 amide bonds. The van der Waals surface area contributed by atoms with E-state index in [-0.39, 0.29) is 43.0 Å². The molecule has 3 aliphatic heterocycles. The SMILES string of the molecule is C=C/C(=C(\N=CC)[C@H](C)OC)c1c2c3cc(ccc3n1CC)-c1csc(n1)C[C@H](NC(=O)[C@H](C(C)C)N(C)C(=O)N(C)C1CN(C(=O)/C=C/CN(C)C)C1)C(=O)N1CCC[C@H](N1)C(=O)OCC(C)(C)C2. The molecule has 4 atom stereocenters. The van der Waals surface area contributed by atoms with Crippen LogP contribution in [0, 0.1) is 11.3 Å².